The summed E-state index contributed by atoms with van der Waals surface area (Å²) in [5, 5.41) is 4.59. The van der Waals surface area contributed by atoms with Crippen molar-refractivity contribution in [2.45, 2.75) is 44.2 Å². The van der Waals surface area contributed by atoms with E-state index in [2.05, 4.69) is 31.0 Å². The molecule has 7 nitrogen and oxygen atoms in total. The van der Waals surface area contributed by atoms with E-state index in [1.165, 1.54) is 12.8 Å². The van der Waals surface area contributed by atoms with Crippen LogP contribution in [0.3, 0.4) is 0 Å². The summed E-state index contributed by atoms with van der Waals surface area (Å²) in [5.41, 5.74) is 2.73. The molecule has 5 rings (SSSR count). The number of hydrogen-bond acceptors (Lipinski definition) is 6. The van der Waals surface area contributed by atoms with Crippen LogP contribution in [0, 0.1) is 0 Å². The van der Waals surface area contributed by atoms with Gasteiger partial charge in [-0.05, 0) is 43.9 Å². The maximum absolute atomic E-state index is 12.4. The highest BCUT2D eigenvalue weighted by Gasteiger charge is 2.29. The highest BCUT2D eigenvalue weighted by molar-refractivity contribution is 5.56. The fraction of sp³-hybridized carbons (Fsp3) is 0.381. The maximum atomic E-state index is 12.4. The van der Waals surface area contributed by atoms with Crippen molar-refractivity contribution < 1.29 is 0 Å². The predicted molar refractivity (Wildman–Crippen MR) is 106 cm³/mol. The molecule has 7 heteroatoms. The molecule has 0 spiro atoms. The minimum atomic E-state index is -0.0825. The van der Waals surface area contributed by atoms with E-state index in [1.807, 2.05) is 12.1 Å². The summed E-state index contributed by atoms with van der Waals surface area (Å²) in [7, 11) is 0. The third-order valence-electron chi connectivity index (χ3n) is 5.55. The van der Waals surface area contributed by atoms with Crippen LogP contribution in [-0.2, 0) is 6.54 Å². The van der Waals surface area contributed by atoms with Crippen LogP contribution in [0.5, 0.6) is 0 Å². The van der Waals surface area contributed by atoms with Crippen molar-refractivity contribution in [3.05, 3.63) is 65.1 Å². The minimum Gasteiger partial charge on any atom is -0.352 e. The molecule has 3 aromatic rings. The van der Waals surface area contributed by atoms with Crippen molar-refractivity contribution >= 4 is 5.82 Å². The molecule has 1 aliphatic heterocycles. The smallest absolute Gasteiger partial charge is 0.266 e. The van der Waals surface area contributed by atoms with Gasteiger partial charge in [0.15, 0.2) is 0 Å². The molecule has 0 bridgehead atoms. The fourth-order valence-electron chi connectivity index (χ4n) is 3.90. The molecule has 28 heavy (non-hydrogen) atoms. The molecule has 0 aromatic carbocycles. The fourth-order valence-corrected chi connectivity index (χ4v) is 3.90. The molecule has 142 valence electrons. The minimum absolute atomic E-state index is 0.0825. The van der Waals surface area contributed by atoms with Gasteiger partial charge in [-0.3, -0.25) is 9.78 Å². The number of rotatable bonds is 5. The highest BCUT2D eigenvalue weighted by Crippen LogP contribution is 2.40. The van der Waals surface area contributed by atoms with Crippen molar-refractivity contribution in [3.8, 4) is 11.3 Å². The van der Waals surface area contributed by atoms with Crippen LogP contribution in [0.15, 0.2) is 53.8 Å². The summed E-state index contributed by atoms with van der Waals surface area (Å²) in [5.74, 6) is 1.57. The van der Waals surface area contributed by atoms with Crippen molar-refractivity contribution in [2.24, 2.45) is 0 Å². The standard InChI is InChI=1S/C21H22N6O/c28-21-8-7-18(16-3-1-9-22-12-16)25-27(21)13-17-4-2-10-26(17)20-11-19(15-5-6-15)23-14-24-20/h1,3,7-9,11-12,14-15,17H,2,4-6,10,13H2. The summed E-state index contributed by atoms with van der Waals surface area (Å²) < 4.78 is 1.58. The first-order valence-electron chi connectivity index (χ1n) is 9.85. The second-order valence-corrected chi connectivity index (χ2v) is 7.55. The first-order chi connectivity index (χ1) is 13.8. The van der Waals surface area contributed by atoms with Gasteiger partial charge in [0, 0.05) is 48.2 Å². The zero-order chi connectivity index (χ0) is 18.9. The molecule has 2 aliphatic rings. The molecule has 0 amide bonds. The van der Waals surface area contributed by atoms with Gasteiger partial charge in [-0.25, -0.2) is 14.6 Å². The molecule has 3 aromatic heterocycles. The average molecular weight is 374 g/mol. The second kappa shape index (κ2) is 7.14. The lowest BCUT2D eigenvalue weighted by Gasteiger charge is -2.26. The van der Waals surface area contributed by atoms with Gasteiger partial charge in [-0.15, -0.1) is 0 Å². The topological polar surface area (TPSA) is 76.8 Å². The molecule has 2 fully saturated rings. The predicted octanol–water partition coefficient (Wildman–Crippen LogP) is 2.64. The Morgan fingerprint density at radius 2 is 2.04 bits per heavy atom. The number of pyridine rings is 1. The van der Waals surface area contributed by atoms with Crippen molar-refractivity contribution in [2.75, 3.05) is 11.4 Å². The van der Waals surface area contributed by atoms with Crippen LogP contribution in [-0.4, -0.2) is 37.3 Å². The summed E-state index contributed by atoms with van der Waals surface area (Å²) in [6.45, 7) is 1.50. The Hall–Kier alpha value is -3.09. The van der Waals surface area contributed by atoms with E-state index in [0.29, 0.717) is 12.5 Å². The van der Waals surface area contributed by atoms with Crippen LogP contribution in [0.25, 0.3) is 11.3 Å². The summed E-state index contributed by atoms with van der Waals surface area (Å²) in [6.07, 6.45) is 9.72. The third-order valence-corrected chi connectivity index (χ3v) is 5.55. The number of hydrogen-bond donors (Lipinski definition) is 0. The van der Waals surface area contributed by atoms with Crippen LogP contribution in [0.4, 0.5) is 5.82 Å². The Bertz CT molecular complexity index is 1030. The van der Waals surface area contributed by atoms with E-state index < -0.39 is 0 Å². The van der Waals surface area contributed by atoms with E-state index >= 15 is 0 Å². The Morgan fingerprint density at radius 1 is 1.11 bits per heavy atom. The van der Waals surface area contributed by atoms with Crippen molar-refractivity contribution in [1.82, 2.24) is 24.7 Å². The lowest BCUT2D eigenvalue weighted by molar-refractivity contribution is 0.488. The lowest BCUT2D eigenvalue weighted by atomic mass is 10.2. The van der Waals surface area contributed by atoms with Gasteiger partial charge in [-0.1, -0.05) is 0 Å². The van der Waals surface area contributed by atoms with E-state index in [-0.39, 0.29) is 11.6 Å². The van der Waals surface area contributed by atoms with Gasteiger partial charge in [-0.2, -0.15) is 5.10 Å². The van der Waals surface area contributed by atoms with Gasteiger partial charge < -0.3 is 4.90 Å². The van der Waals surface area contributed by atoms with Gasteiger partial charge >= 0.3 is 0 Å². The first-order valence-corrected chi connectivity index (χ1v) is 9.85. The SMILES string of the molecule is O=c1ccc(-c2cccnc2)nn1CC1CCCN1c1cc(C2CC2)ncn1. The molecule has 4 heterocycles. The van der Waals surface area contributed by atoms with Gasteiger partial charge in [0.1, 0.15) is 12.1 Å². The molecule has 1 atom stereocenters. The van der Waals surface area contributed by atoms with E-state index in [4.69, 9.17) is 0 Å². The number of nitrogens with zero attached hydrogens (tertiary/aromatic N) is 6. The Kier molecular flexibility index (Phi) is 4.35. The molecule has 1 saturated carbocycles. The largest absolute Gasteiger partial charge is 0.352 e. The number of anilines is 1. The molecular formula is C21H22N6O. The summed E-state index contributed by atoms with van der Waals surface area (Å²) >= 11 is 0. The van der Waals surface area contributed by atoms with Gasteiger partial charge in [0.2, 0.25) is 0 Å². The van der Waals surface area contributed by atoms with Gasteiger partial charge in [0.05, 0.1) is 18.3 Å². The molecule has 0 radical (unpaired) electrons. The monoisotopic (exact) mass is 374 g/mol. The maximum Gasteiger partial charge on any atom is 0.266 e. The third kappa shape index (κ3) is 3.40. The molecule has 0 N–H and O–H groups in total. The van der Waals surface area contributed by atoms with Crippen LogP contribution in [0.2, 0.25) is 0 Å². The molecule has 1 saturated heterocycles. The molecular weight excluding hydrogens is 352 g/mol. The van der Waals surface area contributed by atoms with Crippen molar-refractivity contribution in [3.63, 3.8) is 0 Å². The summed E-state index contributed by atoms with van der Waals surface area (Å²) in [6, 6.07) is 9.50. The van der Waals surface area contributed by atoms with Crippen LogP contribution < -0.4 is 10.5 Å². The van der Waals surface area contributed by atoms with E-state index in [9.17, 15) is 4.79 Å². The average Bonchev–Trinajstić information content (AvgIpc) is 3.49. The molecule has 1 unspecified atom stereocenters. The normalized spacial score (nSPS) is 19.1. The lowest BCUT2D eigenvalue weighted by Crippen LogP contribution is -2.37. The van der Waals surface area contributed by atoms with Crippen LogP contribution >= 0.6 is 0 Å². The quantitative estimate of drug-likeness (QED) is 0.683. The second-order valence-electron chi connectivity index (χ2n) is 7.55. The Balaban J connectivity index is 1.41. The van der Waals surface area contributed by atoms with Crippen LogP contribution in [0.1, 0.15) is 37.3 Å². The zero-order valence-corrected chi connectivity index (χ0v) is 15.6. The van der Waals surface area contributed by atoms with E-state index in [0.717, 1.165) is 42.2 Å². The van der Waals surface area contributed by atoms with Gasteiger partial charge in [0.25, 0.3) is 5.56 Å². The molecule has 1 aliphatic carbocycles. The highest BCUT2D eigenvalue weighted by atomic mass is 16.1. The summed E-state index contributed by atoms with van der Waals surface area (Å²) in [4.78, 5) is 27.8. The Morgan fingerprint density at radius 3 is 2.86 bits per heavy atom. The first kappa shape index (κ1) is 17.0. The number of aromatic nitrogens is 5. The Labute approximate surface area is 163 Å². The zero-order valence-electron chi connectivity index (χ0n) is 15.6. The van der Waals surface area contributed by atoms with E-state index in [1.54, 1.807) is 35.5 Å². The van der Waals surface area contributed by atoms with Crippen molar-refractivity contribution in [1.29, 1.82) is 0 Å².